The average Bonchev–Trinajstić information content (AvgIpc) is 3.20. The molecule has 1 fully saturated rings. The first-order valence-electron chi connectivity index (χ1n) is 6.68. The van der Waals surface area contributed by atoms with Gasteiger partial charge in [-0.15, -0.1) is 0 Å². The van der Waals surface area contributed by atoms with Gasteiger partial charge in [0.05, 0.1) is 5.54 Å². The van der Waals surface area contributed by atoms with Crippen LogP contribution in [-0.4, -0.2) is 6.03 Å². The smallest absolute Gasteiger partial charge is 0.319 e. The first-order valence-corrected chi connectivity index (χ1v) is 7.06. The summed E-state index contributed by atoms with van der Waals surface area (Å²) in [6.07, 6.45) is 1.76. The van der Waals surface area contributed by atoms with Gasteiger partial charge in [0.1, 0.15) is 5.82 Å². The predicted octanol–water partition coefficient (Wildman–Crippen LogP) is 4.29. The molecule has 0 aliphatic heterocycles. The van der Waals surface area contributed by atoms with E-state index in [1.165, 1.54) is 12.1 Å². The van der Waals surface area contributed by atoms with Crippen molar-refractivity contribution in [2.75, 3.05) is 5.32 Å². The van der Waals surface area contributed by atoms with Crippen molar-refractivity contribution >= 4 is 23.3 Å². The van der Waals surface area contributed by atoms with E-state index in [9.17, 15) is 9.18 Å². The van der Waals surface area contributed by atoms with Crippen molar-refractivity contribution in [3.8, 4) is 0 Å². The zero-order valence-corrected chi connectivity index (χ0v) is 12.0. The molecule has 1 aliphatic rings. The molecular formula is C16H14ClFN2O. The molecule has 5 heteroatoms. The number of benzene rings is 2. The molecule has 0 bridgehead atoms. The van der Waals surface area contributed by atoms with Crippen molar-refractivity contribution in [1.82, 2.24) is 5.32 Å². The third kappa shape index (κ3) is 3.16. The Morgan fingerprint density at radius 1 is 1.14 bits per heavy atom. The zero-order valence-electron chi connectivity index (χ0n) is 11.2. The van der Waals surface area contributed by atoms with Crippen molar-refractivity contribution in [1.29, 1.82) is 0 Å². The fourth-order valence-electron chi connectivity index (χ4n) is 2.33. The Balaban J connectivity index is 1.68. The lowest BCUT2D eigenvalue weighted by Crippen LogP contribution is -2.38. The number of rotatable bonds is 3. The van der Waals surface area contributed by atoms with Gasteiger partial charge in [0.2, 0.25) is 0 Å². The summed E-state index contributed by atoms with van der Waals surface area (Å²) >= 11 is 5.87. The summed E-state index contributed by atoms with van der Waals surface area (Å²) in [5, 5.41) is 6.26. The molecule has 2 N–H and O–H groups in total. The van der Waals surface area contributed by atoms with Gasteiger partial charge in [-0.25, -0.2) is 9.18 Å². The molecule has 1 aliphatic carbocycles. The van der Waals surface area contributed by atoms with Crippen LogP contribution in [0.3, 0.4) is 0 Å². The standard InChI is InChI=1S/C16H14ClFN2O/c17-12-6-4-11(5-7-12)16(8-9-16)20-15(21)19-14-3-1-2-13(18)10-14/h1-7,10H,8-9H2,(H2,19,20,21). The summed E-state index contributed by atoms with van der Waals surface area (Å²) in [7, 11) is 0. The Morgan fingerprint density at radius 2 is 1.86 bits per heavy atom. The summed E-state index contributed by atoms with van der Waals surface area (Å²) in [6.45, 7) is 0. The number of carbonyl (C=O) groups excluding carboxylic acids is 1. The van der Waals surface area contributed by atoms with Crippen LogP contribution in [0.2, 0.25) is 5.02 Å². The fourth-order valence-corrected chi connectivity index (χ4v) is 2.45. The molecule has 0 atom stereocenters. The van der Waals surface area contributed by atoms with E-state index in [-0.39, 0.29) is 17.4 Å². The molecule has 0 heterocycles. The van der Waals surface area contributed by atoms with Crippen LogP contribution in [0.4, 0.5) is 14.9 Å². The minimum atomic E-state index is -0.383. The summed E-state index contributed by atoms with van der Waals surface area (Å²) in [5.74, 6) is -0.383. The highest BCUT2D eigenvalue weighted by Crippen LogP contribution is 2.45. The van der Waals surface area contributed by atoms with Crippen molar-refractivity contribution in [3.05, 3.63) is 64.9 Å². The fraction of sp³-hybridized carbons (Fsp3) is 0.188. The summed E-state index contributed by atoms with van der Waals surface area (Å²) < 4.78 is 13.1. The van der Waals surface area contributed by atoms with Crippen LogP contribution >= 0.6 is 11.6 Å². The van der Waals surface area contributed by atoms with E-state index in [1.807, 2.05) is 24.3 Å². The maximum atomic E-state index is 13.1. The maximum absolute atomic E-state index is 13.1. The minimum absolute atomic E-state index is 0.331. The molecule has 1 saturated carbocycles. The van der Waals surface area contributed by atoms with E-state index in [2.05, 4.69) is 10.6 Å². The van der Waals surface area contributed by atoms with Gasteiger partial charge < -0.3 is 10.6 Å². The molecule has 2 aromatic rings. The molecule has 0 radical (unpaired) electrons. The first-order chi connectivity index (χ1) is 10.1. The van der Waals surface area contributed by atoms with E-state index in [1.54, 1.807) is 12.1 Å². The SMILES string of the molecule is O=C(Nc1cccc(F)c1)NC1(c2ccc(Cl)cc2)CC1. The topological polar surface area (TPSA) is 41.1 Å². The number of urea groups is 1. The quantitative estimate of drug-likeness (QED) is 0.872. The lowest BCUT2D eigenvalue weighted by molar-refractivity contribution is 0.247. The van der Waals surface area contributed by atoms with Gasteiger partial charge >= 0.3 is 6.03 Å². The highest BCUT2D eigenvalue weighted by Gasteiger charge is 2.45. The van der Waals surface area contributed by atoms with Crippen LogP contribution in [0.1, 0.15) is 18.4 Å². The lowest BCUT2D eigenvalue weighted by atomic mass is 10.1. The largest absolute Gasteiger partial charge is 0.328 e. The van der Waals surface area contributed by atoms with Crippen LogP contribution in [0.5, 0.6) is 0 Å². The van der Waals surface area contributed by atoms with Crippen molar-refractivity contribution in [2.24, 2.45) is 0 Å². The van der Waals surface area contributed by atoms with E-state index in [4.69, 9.17) is 11.6 Å². The maximum Gasteiger partial charge on any atom is 0.319 e. The molecule has 108 valence electrons. The normalized spacial score (nSPS) is 15.3. The molecule has 0 unspecified atom stereocenters. The first kappa shape index (κ1) is 13.9. The second-order valence-corrected chi connectivity index (χ2v) is 5.61. The molecule has 2 amide bonds. The number of nitrogens with one attached hydrogen (secondary N) is 2. The van der Waals surface area contributed by atoms with Gasteiger partial charge in [-0.3, -0.25) is 0 Å². The summed E-state index contributed by atoms with van der Waals surface area (Å²) in [6, 6.07) is 12.9. The highest BCUT2D eigenvalue weighted by molar-refractivity contribution is 6.30. The Hall–Kier alpha value is -2.07. The van der Waals surface area contributed by atoms with Crippen molar-refractivity contribution in [3.63, 3.8) is 0 Å². The van der Waals surface area contributed by atoms with E-state index >= 15 is 0 Å². The Bertz CT molecular complexity index is 668. The van der Waals surface area contributed by atoms with Crippen molar-refractivity contribution < 1.29 is 9.18 Å². The number of amides is 2. The lowest BCUT2D eigenvalue weighted by Gasteiger charge is -2.18. The van der Waals surface area contributed by atoms with E-state index in [0.717, 1.165) is 18.4 Å². The molecule has 21 heavy (non-hydrogen) atoms. The van der Waals surface area contributed by atoms with Gasteiger partial charge in [-0.2, -0.15) is 0 Å². The van der Waals surface area contributed by atoms with E-state index < -0.39 is 0 Å². The Labute approximate surface area is 127 Å². The zero-order chi connectivity index (χ0) is 14.9. The van der Waals surface area contributed by atoms with Crippen LogP contribution in [-0.2, 0) is 5.54 Å². The molecule has 0 spiro atoms. The van der Waals surface area contributed by atoms with Gasteiger partial charge in [0.15, 0.2) is 0 Å². The Morgan fingerprint density at radius 3 is 2.48 bits per heavy atom. The Kier molecular flexibility index (Phi) is 3.55. The number of anilines is 1. The van der Waals surface area contributed by atoms with Crippen LogP contribution in [0.25, 0.3) is 0 Å². The van der Waals surface area contributed by atoms with E-state index in [0.29, 0.717) is 10.7 Å². The number of hydrogen-bond acceptors (Lipinski definition) is 1. The van der Waals surface area contributed by atoms with Crippen molar-refractivity contribution in [2.45, 2.75) is 18.4 Å². The van der Waals surface area contributed by atoms with Crippen LogP contribution in [0.15, 0.2) is 48.5 Å². The van der Waals surface area contributed by atoms with Crippen LogP contribution < -0.4 is 10.6 Å². The minimum Gasteiger partial charge on any atom is -0.328 e. The third-order valence-corrected chi connectivity index (χ3v) is 3.83. The number of halogens is 2. The predicted molar refractivity (Wildman–Crippen MR) is 80.9 cm³/mol. The number of hydrogen-bond donors (Lipinski definition) is 2. The highest BCUT2D eigenvalue weighted by atomic mass is 35.5. The molecule has 0 saturated heterocycles. The third-order valence-electron chi connectivity index (χ3n) is 3.58. The monoisotopic (exact) mass is 304 g/mol. The van der Waals surface area contributed by atoms with Gasteiger partial charge in [0.25, 0.3) is 0 Å². The molecule has 3 nitrogen and oxygen atoms in total. The van der Waals surface area contributed by atoms with Gasteiger partial charge in [0, 0.05) is 10.7 Å². The molecular weight excluding hydrogens is 291 g/mol. The second kappa shape index (κ2) is 5.37. The summed E-state index contributed by atoms with van der Waals surface area (Å²) in [4.78, 5) is 12.0. The summed E-state index contributed by atoms with van der Waals surface area (Å²) in [5.41, 5.74) is 1.13. The van der Waals surface area contributed by atoms with Gasteiger partial charge in [-0.05, 0) is 48.7 Å². The van der Waals surface area contributed by atoms with Gasteiger partial charge in [-0.1, -0.05) is 29.8 Å². The molecule has 2 aromatic carbocycles. The van der Waals surface area contributed by atoms with Crippen LogP contribution in [0, 0.1) is 5.82 Å². The molecule has 3 rings (SSSR count). The average molecular weight is 305 g/mol. The number of carbonyl (C=O) groups is 1. The molecule has 0 aromatic heterocycles. The second-order valence-electron chi connectivity index (χ2n) is 5.18.